The van der Waals surface area contributed by atoms with Crippen molar-refractivity contribution in [2.24, 2.45) is 0 Å². The van der Waals surface area contributed by atoms with Crippen LogP contribution in [-0.2, 0) is 23.9 Å². The first-order valence-corrected chi connectivity index (χ1v) is 4.81. The SMILES string of the molecule is CC(=O)OCCCC(=O)CCOC(C)=O. The number of ether oxygens (including phenoxy) is 2. The minimum absolute atomic E-state index is 0.00315. The van der Waals surface area contributed by atoms with Gasteiger partial charge in [0.15, 0.2) is 0 Å². The Labute approximate surface area is 88.7 Å². The summed E-state index contributed by atoms with van der Waals surface area (Å²) < 4.78 is 9.27. The van der Waals surface area contributed by atoms with E-state index in [1.807, 2.05) is 0 Å². The fourth-order valence-electron chi connectivity index (χ4n) is 0.919. The fourth-order valence-corrected chi connectivity index (χ4v) is 0.919. The highest BCUT2D eigenvalue weighted by molar-refractivity contribution is 5.78. The monoisotopic (exact) mass is 216 g/mol. The Morgan fingerprint density at radius 1 is 0.867 bits per heavy atom. The minimum atomic E-state index is -0.386. The molecule has 0 amide bonds. The fraction of sp³-hybridized carbons (Fsp3) is 0.700. The van der Waals surface area contributed by atoms with E-state index in [2.05, 4.69) is 9.47 Å². The van der Waals surface area contributed by atoms with Crippen molar-refractivity contribution in [3.05, 3.63) is 0 Å². The summed E-state index contributed by atoms with van der Waals surface area (Å²) in [5.41, 5.74) is 0. The second kappa shape index (κ2) is 7.96. The molecular weight excluding hydrogens is 200 g/mol. The number of hydrogen-bond donors (Lipinski definition) is 0. The van der Waals surface area contributed by atoms with Gasteiger partial charge >= 0.3 is 11.9 Å². The van der Waals surface area contributed by atoms with Crippen molar-refractivity contribution in [1.82, 2.24) is 0 Å². The average Bonchev–Trinajstić information content (AvgIpc) is 2.11. The van der Waals surface area contributed by atoms with Crippen molar-refractivity contribution in [3.8, 4) is 0 Å². The average molecular weight is 216 g/mol. The van der Waals surface area contributed by atoms with Gasteiger partial charge in [-0.1, -0.05) is 0 Å². The zero-order valence-corrected chi connectivity index (χ0v) is 9.08. The second-order valence-electron chi connectivity index (χ2n) is 3.07. The highest BCUT2D eigenvalue weighted by Gasteiger charge is 2.03. The molecule has 0 unspecified atom stereocenters. The third kappa shape index (κ3) is 10.5. The summed E-state index contributed by atoms with van der Waals surface area (Å²) in [5, 5.41) is 0. The maximum atomic E-state index is 11.1. The van der Waals surface area contributed by atoms with Gasteiger partial charge in [-0.15, -0.1) is 0 Å². The van der Waals surface area contributed by atoms with Gasteiger partial charge in [-0.2, -0.15) is 0 Å². The van der Waals surface area contributed by atoms with Crippen LogP contribution in [0.4, 0.5) is 0 Å². The molecule has 15 heavy (non-hydrogen) atoms. The van der Waals surface area contributed by atoms with E-state index in [0.29, 0.717) is 12.8 Å². The van der Waals surface area contributed by atoms with Crippen LogP contribution in [-0.4, -0.2) is 30.9 Å². The van der Waals surface area contributed by atoms with Crippen LogP contribution in [0.3, 0.4) is 0 Å². The lowest BCUT2D eigenvalue weighted by Crippen LogP contribution is -2.08. The third-order valence-electron chi connectivity index (χ3n) is 1.59. The Bertz CT molecular complexity index is 234. The molecule has 0 fully saturated rings. The van der Waals surface area contributed by atoms with Gasteiger partial charge < -0.3 is 9.47 Å². The molecule has 0 radical (unpaired) electrons. The number of ketones is 1. The van der Waals surface area contributed by atoms with Crippen LogP contribution >= 0.6 is 0 Å². The van der Waals surface area contributed by atoms with Crippen molar-refractivity contribution in [3.63, 3.8) is 0 Å². The maximum Gasteiger partial charge on any atom is 0.302 e. The molecular formula is C10H16O5. The normalized spacial score (nSPS) is 9.47. The molecule has 86 valence electrons. The summed E-state index contributed by atoms with van der Waals surface area (Å²) in [7, 11) is 0. The van der Waals surface area contributed by atoms with Gasteiger partial charge in [0.25, 0.3) is 0 Å². The first-order valence-electron chi connectivity index (χ1n) is 4.81. The van der Waals surface area contributed by atoms with Crippen molar-refractivity contribution < 1.29 is 23.9 Å². The van der Waals surface area contributed by atoms with Gasteiger partial charge in [0.1, 0.15) is 5.78 Å². The van der Waals surface area contributed by atoms with E-state index in [9.17, 15) is 14.4 Å². The Hall–Kier alpha value is -1.39. The van der Waals surface area contributed by atoms with Gasteiger partial charge in [-0.3, -0.25) is 14.4 Å². The molecule has 0 atom stereocenters. The van der Waals surface area contributed by atoms with E-state index in [-0.39, 0.29) is 37.4 Å². The summed E-state index contributed by atoms with van der Waals surface area (Å²) in [4.78, 5) is 31.9. The van der Waals surface area contributed by atoms with E-state index in [1.54, 1.807) is 0 Å². The quantitative estimate of drug-likeness (QED) is 0.466. The van der Waals surface area contributed by atoms with Crippen molar-refractivity contribution in [2.75, 3.05) is 13.2 Å². The number of esters is 2. The molecule has 5 nitrogen and oxygen atoms in total. The molecule has 0 N–H and O–H groups in total. The number of Topliss-reactive ketones (excluding diaryl/α,β-unsaturated/α-hetero) is 1. The van der Waals surface area contributed by atoms with Gasteiger partial charge in [-0.25, -0.2) is 0 Å². The van der Waals surface area contributed by atoms with E-state index in [1.165, 1.54) is 13.8 Å². The van der Waals surface area contributed by atoms with Gasteiger partial charge in [-0.05, 0) is 6.42 Å². The molecule has 5 heteroatoms. The van der Waals surface area contributed by atoms with Gasteiger partial charge in [0.05, 0.1) is 13.2 Å². The lowest BCUT2D eigenvalue weighted by molar-refractivity contribution is -0.143. The number of hydrogen-bond acceptors (Lipinski definition) is 5. The van der Waals surface area contributed by atoms with Crippen LogP contribution in [0.1, 0.15) is 33.1 Å². The first kappa shape index (κ1) is 13.6. The number of carbonyl (C=O) groups excluding carboxylic acids is 3. The third-order valence-corrected chi connectivity index (χ3v) is 1.59. The molecule has 0 saturated heterocycles. The van der Waals surface area contributed by atoms with Crippen molar-refractivity contribution in [2.45, 2.75) is 33.1 Å². The largest absolute Gasteiger partial charge is 0.466 e. The van der Waals surface area contributed by atoms with E-state index in [4.69, 9.17) is 0 Å². The lowest BCUT2D eigenvalue weighted by atomic mass is 10.2. The van der Waals surface area contributed by atoms with Crippen LogP contribution in [0.5, 0.6) is 0 Å². The Kier molecular flexibility index (Phi) is 7.23. The van der Waals surface area contributed by atoms with Crippen molar-refractivity contribution >= 4 is 17.7 Å². The standard InChI is InChI=1S/C10H16O5/c1-8(11)14-6-3-4-10(13)5-7-15-9(2)12/h3-7H2,1-2H3. The molecule has 0 aromatic rings. The second-order valence-corrected chi connectivity index (χ2v) is 3.07. The van der Waals surface area contributed by atoms with Gasteiger partial charge in [0, 0.05) is 26.7 Å². The molecule has 0 aliphatic heterocycles. The lowest BCUT2D eigenvalue weighted by Gasteiger charge is -2.02. The predicted octanol–water partition coefficient (Wildman–Crippen LogP) is 0.852. The van der Waals surface area contributed by atoms with Gasteiger partial charge in [0.2, 0.25) is 0 Å². The zero-order valence-electron chi connectivity index (χ0n) is 9.08. The number of carbonyl (C=O) groups is 3. The Morgan fingerprint density at radius 2 is 1.40 bits per heavy atom. The molecule has 0 rings (SSSR count). The maximum absolute atomic E-state index is 11.1. The Balaban J connectivity index is 3.33. The summed E-state index contributed by atoms with van der Waals surface area (Å²) >= 11 is 0. The van der Waals surface area contributed by atoms with Crippen LogP contribution in [0, 0.1) is 0 Å². The summed E-state index contributed by atoms with van der Waals surface area (Å²) in [5.74, 6) is -0.728. The summed E-state index contributed by atoms with van der Waals surface area (Å²) in [6.45, 7) is 3.00. The topological polar surface area (TPSA) is 69.7 Å². The zero-order chi connectivity index (χ0) is 11.7. The van der Waals surface area contributed by atoms with Crippen LogP contribution in [0.15, 0.2) is 0 Å². The van der Waals surface area contributed by atoms with E-state index in [0.717, 1.165) is 0 Å². The highest BCUT2D eigenvalue weighted by atomic mass is 16.5. The Morgan fingerprint density at radius 3 is 1.93 bits per heavy atom. The molecule has 0 heterocycles. The van der Waals surface area contributed by atoms with Crippen molar-refractivity contribution in [1.29, 1.82) is 0 Å². The smallest absolute Gasteiger partial charge is 0.302 e. The molecule has 0 aromatic carbocycles. The summed E-state index contributed by atoms with van der Waals surface area (Å²) in [6, 6.07) is 0. The van der Waals surface area contributed by atoms with E-state index < -0.39 is 0 Å². The predicted molar refractivity (Wildman–Crippen MR) is 52.1 cm³/mol. The van der Waals surface area contributed by atoms with Crippen LogP contribution in [0.2, 0.25) is 0 Å². The molecule has 0 aliphatic carbocycles. The van der Waals surface area contributed by atoms with Crippen LogP contribution in [0.25, 0.3) is 0 Å². The van der Waals surface area contributed by atoms with E-state index >= 15 is 0 Å². The molecule has 0 aromatic heterocycles. The highest BCUT2D eigenvalue weighted by Crippen LogP contribution is 1.97. The molecule has 0 bridgehead atoms. The molecule has 0 saturated carbocycles. The minimum Gasteiger partial charge on any atom is -0.466 e. The molecule has 0 spiro atoms. The summed E-state index contributed by atoms with van der Waals surface area (Å²) in [6.07, 6.45) is 1.08. The first-order chi connectivity index (χ1) is 7.02. The van der Waals surface area contributed by atoms with Crippen LogP contribution < -0.4 is 0 Å². The number of rotatable bonds is 7. The molecule has 0 aliphatic rings.